The Bertz CT molecular complexity index is 446. The van der Waals surface area contributed by atoms with E-state index in [1.54, 1.807) is 6.92 Å². The molecule has 0 bridgehead atoms. The van der Waals surface area contributed by atoms with Crippen molar-refractivity contribution >= 4 is 21.8 Å². The van der Waals surface area contributed by atoms with E-state index in [4.69, 9.17) is 0 Å². The van der Waals surface area contributed by atoms with Crippen LogP contribution in [0, 0.1) is 17.0 Å². The van der Waals surface area contributed by atoms with Crippen molar-refractivity contribution in [1.82, 2.24) is 5.32 Å². The highest BCUT2D eigenvalue weighted by Gasteiger charge is 2.25. The van der Waals surface area contributed by atoms with Gasteiger partial charge in [0.05, 0.1) is 0 Å². The van der Waals surface area contributed by atoms with Gasteiger partial charge in [0.15, 0.2) is 0 Å². The topological polar surface area (TPSA) is 29.1 Å². The van der Waals surface area contributed by atoms with E-state index in [0.717, 1.165) is 12.1 Å². The number of halogens is 3. The Hall–Kier alpha value is -0.970. The van der Waals surface area contributed by atoms with Crippen molar-refractivity contribution in [3.63, 3.8) is 0 Å². The number of rotatable bonds is 2. The summed E-state index contributed by atoms with van der Waals surface area (Å²) < 4.78 is 27.4. The predicted molar refractivity (Wildman–Crippen MR) is 70.4 cm³/mol. The van der Waals surface area contributed by atoms with E-state index in [0.29, 0.717) is 0 Å². The Labute approximate surface area is 114 Å². The fourth-order valence-electron chi connectivity index (χ4n) is 1.24. The van der Waals surface area contributed by atoms with Crippen molar-refractivity contribution in [2.24, 2.45) is 5.41 Å². The second-order valence-electron chi connectivity index (χ2n) is 5.31. The van der Waals surface area contributed by atoms with Crippen LogP contribution in [0.3, 0.4) is 0 Å². The maximum absolute atomic E-state index is 13.6. The van der Waals surface area contributed by atoms with Crippen LogP contribution in [-0.4, -0.2) is 11.9 Å². The minimum atomic E-state index is -0.875. The Morgan fingerprint density at radius 2 is 1.72 bits per heavy atom. The molecule has 0 fully saturated rings. The first-order valence-corrected chi connectivity index (χ1v) is 6.37. The highest BCUT2D eigenvalue weighted by atomic mass is 79.9. The summed E-state index contributed by atoms with van der Waals surface area (Å²) in [5.41, 5.74) is -0.730. The van der Waals surface area contributed by atoms with Crippen molar-refractivity contribution in [2.75, 3.05) is 0 Å². The normalized spacial score (nSPS) is 13.3. The first-order valence-electron chi connectivity index (χ1n) is 5.58. The molecule has 0 aliphatic carbocycles. The zero-order chi connectivity index (χ0) is 14.1. The Balaban J connectivity index is 2.99. The van der Waals surface area contributed by atoms with Crippen LogP contribution in [0.1, 0.15) is 38.1 Å². The molecular weight excluding hydrogens is 304 g/mol. The van der Waals surface area contributed by atoms with Crippen LogP contribution >= 0.6 is 15.9 Å². The molecule has 0 saturated carbocycles. The van der Waals surface area contributed by atoms with E-state index in [2.05, 4.69) is 21.2 Å². The zero-order valence-electron chi connectivity index (χ0n) is 10.8. The third-order valence-corrected chi connectivity index (χ3v) is 3.34. The molecule has 1 aromatic carbocycles. The van der Waals surface area contributed by atoms with Crippen LogP contribution in [-0.2, 0) is 0 Å². The number of hydrogen-bond acceptors (Lipinski definition) is 1. The van der Waals surface area contributed by atoms with Gasteiger partial charge in [0.2, 0.25) is 0 Å². The SMILES string of the molecule is CC(NC(=O)c1c(F)cc(Br)cc1F)C(C)(C)C. The summed E-state index contributed by atoms with van der Waals surface area (Å²) in [6, 6.07) is 1.94. The van der Waals surface area contributed by atoms with Crippen molar-refractivity contribution in [2.45, 2.75) is 33.7 Å². The first-order chi connectivity index (χ1) is 8.12. The maximum Gasteiger partial charge on any atom is 0.257 e. The quantitative estimate of drug-likeness (QED) is 0.880. The molecule has 1 aromatic rings. The lowest BCUT2D eigenvalue weighted by Crippen LogP contribution is -2.42. The molecule has 5 heteroatoms. The number of carbonyl (C=O) groups excluding carboxylic acids is 1. The van der Waals surface area contributed by atoms with Crippen molar-refractivity contribution in [3.8, 4) is 0 Å². The average molecular weight is 320 g/mol. The summed E-state index contributed by atoms with van der Waals surface area (Å²) >= 11 is 2.97. The number of nitrogens with one attached hydrogen (secondary N) is 1. The van der Waals surface area contributed by atoms with Gasteiger partial charge in [-0.25, -0.2) is 8.78 Å². The molecule has 0 aliphatic rings. The van der Waals surface area contributed by atoms with Crippen LogP contribution in [0.2, 0.25) is 0 Å². The second-order valence-corrected chi connectivity index (χ2v) is 6.22. The van der Waals surface area contributed by atoms with Gasteiger partial charge < -0.3 is 5.32 Å². The Morgan fingerprint density at radius 1 is 1.28 bits per heavy atom. The fraction of sp³-hybridized carbons (Fsp3) is 0.462. The van der Waals surface area contributed by atoms with Crippen LogP contribution in [0.4, 0.5) is 8.78 Å². The van der Waals surface area contributed by atoms with Crippen LogP contribution in [0.15, 0.2) is 16.6 Å². The van der Waals surface area contributed by atoms with Crippen LogP contribution in [0.5, 0.6) is 0 Å². The third kappa shape index (κ3) is 3.51. The molecule has 0 saturated heterocycles. The van der Waals surface area contributed by atoms with Crippen LogP contribution in [0.25, 0.3) is 0 Å². The minimum Gasteiger partial charge on any atom is -0.349 e. The summed E-state index contributed by atoms with van der Waals surface area (Å²) in [5.74, 6) is -2.49. The molecule has 18 heavy (non-hydrogen) atoms. The lowest BCUT2D eigenvalue weighted by Gasteiger charge is -2.28. The van der Waals surface area contributed by atoms with Gasteiger partial charge in [-0.2, -0.15) is 0 Å². The Morgan fingerprint density at radius 3 is 2.11 bits per heavy atom. The first kappa shape index (κ1) is 15.1. The minimum absolute atomic E-state index is 0.183. The predicted octanol–water partition coefficient (Wildman–Crippen LogP) is 3.89. The van der Waals surface area contributed by atoms with Gasteiger partial charge >= 0.3 is 0 Å². The maximum atomic E-state index is 13.6. The summed E-state index contributed by atoms with van der Waals surface area (Å²) in [6.45, 7) is 7.61. The molecule has 0 aliphatic heterocycles. The smallest absolute Gasteiger partial charge is 0.257 e. The van der Waals surface area contributed by atoms with Gasteiger partial charge in [0.1, 0.15) is 17.2 Å². The van der Waals surface area contributed by atoms with Gasteiger partial charge in [-0.3, -0.25) is 4.79 Å². The fourth-order valence-corrected chi connectivity index (χ4v) is 1.65. The van der Waals surface area contributed by atoms with Crippen molar-refractivity contribution in [1.29, 1.82) is 0 Å². The zero-order valence-corrected chi connectivity index (χ0v) is 12.4. The molecule has 1 rings (SSSR count). The van der Waals surface area contributed by atoms with Gasteiger partial charge in [-0.15, -0.1) is 0 Å². The number of carbonyl (C=O) groups is 1. The third-order valence-electron chi connectivity index (χ3n) is 2.88. The molecule has 100 valence electrons. The average Bonchev–Trinajstić information content (AvgIpc) is 2.13. The number of hydrogen-bond donors (Lipinski definition) is 1. The van der Waals surface area contributed by atoms with Crippen molar-refractivity contribution in [3.05, 3.63) is 33.8 Å². The second kappa shape index (κ2) is 5.34. The lowest BCUT2D eigenvalue weighted by molar-refractivity contribution is 0.0901. The summed E-state index contributed by atoms with van der Waals surface area (Å²) in [6.07, 6.45) is 0. The Kier molecular flexibility index (Phi) is 4.48. The molecule has 1 unspecified atom stereocenters. The van der Waals surface area contributed by atoms with E-state index in [1.807, 2.05) is 20.8 Å². The van der Waals surface area contributed by atoms with Gasteiger partial charge in [-0.05, 0) is 24.5 Å². The highest BCUT2D eigenvalue weighted by molar-refractivity contribution is 9.10. The van der Waals surface area contributed by atoms with Gasteiger partial charge in [0, 0.05) is 10.5 Å². The molecular formula is C13H16BrF2NO. The van der Waals surface area contributed by atoms with E-state index < -0.39 is 23.1 Å². The molecule has 0 heterocycles. The molecule has 1 amide bonds. The van der Waals surface area contributed by atoms with E-state index in [-0.39, 0.29) is 15.9 Å². The number of amides is 1. The summed E-state index contributed by atoms with van der Waals surface area (Å²) in [5, 5.41) is 2.60. The van der Waals surface area contributed by atoms with E-state index in [9.17, 15) is 13.6 Å². The molecule has 2 nitrogen and oxygen atoms in total. The molecule has 0 spiro atoms. The lowest BCUT2D eigenvalue weighted by atomic mass is 9.88. The summed E-state index contributed by atoms with van der Waals surface area (Å²) in [4.78, 5) is 11.8. The standard InChI is InChI=1S/C13H16BrF2NO/c1-7(13(2,3)4)17-12(18)11-9(15)5-8(14)6-10(11)16/h5-7H,1-4H3,(H,17,18). The molecule has 1 N–H and O–H groups in total. The van der Waals surface area contributed by atoms with Gasteiger partial charge in [0.25, 0.3) is 5.91 Å². The van der Waals surface area contributed by atoms with Crippen LogP contribution < -0.4 is 5.32 Å². The molecule has 1 atom stereocenters. The molecule has 0 aromatic heterocycles. The monoisotopic (exact) mass is 319 g/mol. The van der Waals surface area contributed by atoms with Crippen molar-refractivity contribution < 1.29 is 13.6 Å². The largest absolute Gasteiger partial charge is 0.349 e. The number of benzene rings is 1. The van der Waals surface area contributed by atoms with E-state index in [1.165, 1.54) is 0 Å². The summed E-state index contributed by atoms with van der Waals surface area (Å²) in [7, 11) is 0. The highest BCUT2D eigenvalue weighted by Crippen LogP contribution is 2.22. The van der Waals surface area contributed by atoms with Gasteiger partial charge in [-0.1, -0.05) is 36.7 Å². The molecule has 0 radical (unpaired) electrons. The van der Waals surface area contributed by atoms with E-state index >= 15 is 0 Å².